The van der Waals surface area contributed by atoms with Gasteiger partial charge < -0.3 is 10.1 Å². The summed E-state index contributed by atoms with van der Waals surface area (Å²) < 4.78 is 5.63. The van der Waals surface area contributed by atoms with Gasteiger partial charge in [0.1, 0.15) is 0 Å². The third-order valence-corrected chi connectivity index (χ3v) is 3.64. The summed E-state index contributed by atoms with van der Waals surface area (Å²) in [4.78, 5) is 0. The van der Waals surface area contributed by atoms with Gasteiger partial charge in [0.2, 0.25) is 0 Å². The molecule has 1 atom stereocenters. The Balaban J connectivity index is 3.98. The molecule has 0 spiro atoms. The van der Waals surface area contributed by atoms with Crippen molar-refractivity contribution >= 4 is 0 Å². The number of ether oxygens (including phenoxy) is 1. The molecule has 0 aromatic rings. The fourth-order valence-electron chi connectivity index (χ4n) is 1.78. The maximum Gasteiger partial charge on any atom is 0.0471 e. The number of hydrogen-bond donors (Lipinski definition) is 1. The summed E-state index contributed by atoms with van der Waals surface area (Å²) in [5.41, 5.74) is 0.350. The van der Waals surface area contributed by atoms with Crippen molar-refractivity contribution in [2.45, 2.75) is 54.4 Å². The molecule has 0 aromatic carbocycles. The average Bonchev–Trinajstić information content (AvgIpc) is 2.23. The zero-order chi connectivity index (χ0) is 13.3. The number of rotatable bonds is 10. The molecular formula is C15H33NO. The first kappa shape index (κ1) is 16.9. The van der Waals surface area contributed by atoms with Gasteiger partial charge in [0, 0.05) is 19.8 Å². The van der Waals surface area contributed by atoms with Crippen molar-refractivity contribution in [3.63, 3.8) is 0 Å². The normalized spacial score (nSPS) is 15.5. The van der Waals surface area contributed by atoms with Crippen molar-refractivity contribution in [2.24, 2.45) is 17.3 Å². The minimum atomic E-state index is 0.350. The van der Waals surface area contributed by atoms with Gasteiger partial charge in [-0.2, -0.15) is 0 Å². The third-order valence-electron chi connectivity index (χ3n) is 3.64. The van der Waals surface area contributed by atoms with E-state index in [1.54, 1.807) is 0 Å². The van der Waals surface area contributed by atoms with Crippen molar-refractivity contribution in [1.29, 1.82) is 0 Å². The number of nitrogens with one attached hydrogen (secondary N) is 1. The van der Waals surface area contributed by atoms with Crippen LogP contribution in [0.25, 0.3) is 0 Å². The van der Waals surface area contributed by atoms with E-state index in [0.29, 0.717) is 11.3 Å². The molecule has 1 N–H and O–H groups in total. The Kier molecular flexibility index (Phi) is 8.89. The summed E-state index contributed by atoms with van der Waals surface area (Å²) in [5, 5.41) is 3.59. The van der Waals surface area contributed by atoms with Gasteiger partial charge in [0.05, 0.1) is 0 Å². The molecule has 0 aliphatic rings. The summed E-state index contributed by atoms with van der Waals surface area (Å²) in [6, 6.07) is 0. The molecule has 0 aliphatic heterocycles. The Morgan fingerprint density at radius 1 is 1.12 bits per heavy atom. The van der Waals surface area contributed by atoms with Gasteiger partial charge in [0.25, 0.3) is 0 Å². The molecule has 17 heavy (non-hydrogen) atoms. The Bertz CT molecular complexity index is 180. The Labute approximate surface area is 109 Å². The van der Waals surface area contributed by atoms with Crippen molar-refractivity contribution in [2.75, 3.05) is 26.3 Å². The molecule has 2 heteroatoms. The second-order valence-corrected chi connectivity index (χ2v) is 6.20. The maximum absolute atomic E-state index is 5.63. The van der Waals surface area contributed by atoms with Crippen LogP contribution in [0.15, 0.2) is 0 Å². The molecule has 0 radical (unpaired) electrons. The molecule has 0 bridgehead atoms. The summed E-state index contributed by atoms with van der Waals surface area (Å²) in [6.07, 6.45) is 2.26. The predicted octanol–water partition coefficient (Wildman–Crippen LogP) is 3.71. The summed E-state index contributed by atoms with van der Waals surface area (Å²) >= 11 is 0. The van der Waals surface area contributed by atoms with Gasteiger partial charge in [-0.15, -0.1) is 0 Å². The lowest BCUT2D eigenvalue weighted by atomic mass is 9.76. The zero-order valence-corrected chi connectivity index (χ0v) is 12.8. The van der Waals surface area contributed by atoms with Crippen LogP contribution in [0.1, 0.15) is 54.4 Å². The standard InChI is InChI=1S/C15H33NO/c1-7-9-17-10-8-15(6,14(4)5)12-16-11-13(2)3/h13-14,16H,7-12H2,1-6H3. The van der Waals surface area contributed by atoms with Crippen LogP contribution < -0.4 is 5.32 Å². The van der Waals surface area contributed by atoms with E-state index < -0.39 is 0 Å². The highest BCUT2D eigenvalue weighted by atomic mass is 16.5. The van der Waals surface area contributed by atoms with E-state index in [1.807, 2.05) is 0 Å². The lowest BCUT2D eigenvalue weighted by Gasteiger charge is -2.34. The zero-order valence-electron chi connectivity index (χ0n) is 12.8. The average molecular weight is 243 g/mol. The van der Waals surface area contributed by atoms with Crippen molar-refractivity contribution in [3.8, 4) is 0 Å². The minimum absolute atomic E-state index is 0.350. The second kappa shape index (κ2) is 8.93. The lowest BCUT2D eigenvalue weighted by Crippen LogP contribution is -2.38. The Hall–Kier alpha value is -0.0800. The topological polar surface area (TPSA) is 21.3 Å². The monoisotopic (exact) mass is 243 g/mol. The van der Waals surface area contributed by atoms with Crippen LogP contribution >= 0.6 is 0 Å². The number of hydrogen-bond acceptors (Lipinski definition) is 2. The first-order chi connectivity index (χ1) is 7.92. The molecule has 0 aromatic heterocycles. The van der Waals surface area contributed by atoms with Gasteiger partial charge in [-0.1, -0.05) is 41.5 Å². The van der Waals surface area contributed by atoms with E-state index in [1.165, 1.54) is 0 Å². The van der Waals surface area contributed by atoms with E-state index in [9.17, 15) is 0 Å². The first-order valence-corrected chi connectivity index (χ1v) is 7.20. The van der Waals surface area contributed by atoms with E-state index >= 15 is 0 Å². The van der Waals surface area contributed by atoms with Crippen molar-refractivity contribution in [3.05, 3.63) is 0 Å². The van der Waals surface area contributed by atoms with Crippen LogP contribution in [0.2, 0.25) is 0 Å². The largest absolute Gasteiger partial charge is 0.381 e. The van der Waals surface area contributed by atoms with Crippen LogP contribution in [-0.2, 0) is 4.74 Å². The van der Waals surface area contributed by atoms with Crippen molar-refractivity contribution in [1.82, 2.24) is 5.32 Å². The summed E-state index contributed by atoms with van der Waals surface area (Å²) in [5.74, 6) is 1.41. The van der Waals surface area contributed by atoms with Gasteiger partial charge in [-0.3, -0.25) is 0 Å². The van der Waals surface area contributed by atoms with Crippen LogP contribution in [0.5, 0.6) is 0 Å². The van der Waals surface area contributed by atoms with E-state index in [-0.39, 0.29) is 0 Å². The lowest BCUT2D eigenvalue weighted by molar-refractivity contribution is 0.0790. The van der Waals surface area contributed by atoms with E-state index in [0.717, 1.165) is 45.1 Å². The Morgan fingerprint density at radius 3 is 2.24 bits per heavy atom. The van der Waals surface area contributed by atoms with Crippen LogP contribution in [0.4, 0.5) is 0 Å². The first-order valence-electron chi connectivity index (χ1n) is 7.20. The molecule has 0 saturated carbocycles. The van der Waals surface area contributed by atoms with Gasteiger partial charge in [0.15, 0.2) is 0 Å². The van der Waals surface area contributed by atoms with Gasteiger partial charge in [-0.05, 0) is 36.6 Å². The molecule has 0 rings (SSSR count). The molecule has 1 unspecified atom stereocenters. The Morgan fingerprint density at radius 2 is 1.76 bits per heavy atom. The van der Waals surface area contributed by atoms with Gasteiger partial charge in [-0.25, -0.2) is 0 Å². The fourth-order valence-corrected chi connectivity index (χ4v) is 1.78. The molecule has 0 saturated heterocycles. The third kappa shape index (κ3) is 7.77. The highest BCUT2D eigenvalue weighted by Gasteiger charge is 2.27. The van der Waals surface area contributed by atoms with Crippen LogP contribution in [0.3, 0.4) is 0 Å². The van der Waals surface area contributed by atoms with Crippen molar-refractivity contribution < 1.29 is 4.74 Å². The quantitative estimate of drug-likeness (QED) is 0.591. The smallest absolute Gasteiger partial charge is 0.0471 e. The highest BCUT2D eigenvalue weighted by molar-refractivity contribution is 4.80. The van der Waals surface area contributed by atoms with Crippen LogP contribution in [-0.4, -0.2) is 26.3 Å². The molecule has 0 aliphatic carbocycles. The summed E-state index contributed by atoms with van der Waals surface area (Å²) in [7, 11) is 0. The fraction of sp³-hybridized carbons (Fsp3) is 1.00. The minimum Gasteiger partial charge on any atom is -0.381 e. The maximum atomic E-state index is 5.63. The molecular weight excluding hydrogens is 210 g/mol. The summed E-state index contributed by atoms with van der Waals surface area (Å²) in [6.45, 7) is 17.7. The second-order valence-electron chi connectivity index (χ2n) is 6.20. The molecule has 0 heterocycles. The van der Waals surface area contributed by atoms with Gasteiger partial charge >= 0.3 is 0 Å². The van der Waals surface area contributed by atoms with E-state index in [2.05, 4.69) is 46.9 Å². The molecule has 0 fully saturated rings. The van der Waals surface area contributed by atoms with Crippen LogP contribution in [0, 0.1) is 17.3 Å². The molecule has 0 amide bonds. The van der Waals surface area contributed by atoms with E-state index in [4.69, 9.17) is 4.74 Å². The molecule has 104 valence electrons. The highest BCUT2D eigenvalue weighted by Crippen LogP contribution is 2.30. The molecule has 2 nitrogen and oxygen atoms in total. The SMILES string of the molecule is CCCOCCC(C)(CNCC(C)C)C(C)C. The predicted molar refractivity (Wildman–Crippen MR) is 76.4 cm³/mol.